The van der Waals surface area contributed by atoms with Crippen LogP contribution in [-0.4, -0.2) is 42.8 Å². The number of hydrogen-bond donors (Lipinski definition) is 1. The normalized spacial score (nSPS) is 13.0. The Labute approximate surface area is 272 Å². The van der Waals surface area contributed by atoms with E-state index in [0.29, 0.717) is 6.54 Å². The topological polar surface area (TPSA) is 49.8 Å². The second-order valence-corrected chi connectivity index (χ2v) is 9.96. The Hall–Kier alpha value is -3.29. The maximum absolute atomic E-state index is 12.1. The first-order valence-electron chi connectivity index (χ1n) is 16.6. The van der Waals surface area contributed by atoms with E-state index in [0.717, 1.165) is 61.1 Å². The van der Waals surface area contributed by atoms with Crippen molar-refractivity contribution in [1.29, 1.82) is 0 Å². The molecule has 0 aliphatic rings. The summed E-state index contributed by atoms with van der Waals surface area (Å²) < 4.78 is 4.93. The molecule has 0 saturated heterocycles. The monoisotopic (exact) mass is 607 g/mol. The smallest absolute Gasteiger partial charge is 0.312 e. The van der Waals surface area contributed by atoms with E-state index in [9.17, 15) is 9.90 Å². The summed E-state index contributed by atoms with van der Waals surface area (Å²) in [7, 11) is 1.40. The minimum absolute atomic E-state index is 0.0656. The Balaban J connectivity index is -0.00000402. The number of nitrogens with zero attached hydrogens (tertiary/aromatic N) is 1. The van der Waals surface area contributed by atoms with Gasteiger partial charge in [0.05, 0.1) is 19.6 Å². The number of hydrogen-bond acceptors (Lipinski definition) is 4. The van der Waals surface area contributed by atoms with Gasteiger partial charge in [0.15, 0.2) is 0 Å². The van der Waals surface area contributed by atoms with Crippen molar-refractivity contribution < 1.29 is 14.6 Å². The van der Waals surface area contributed by atoms with Gasteiger partial charge in [-0.25, -0.2) is 0 Å². The van der Waals surface area contributed by atoms with E-state index in [1.807, 2.05) is 71.9 Å². The zero-order valence-corrected chi connectivity index (χ0v) is 30.0. The Morgan fingerprint density at radius 1 is 0.909 bits per heavy atom. The fraction of sp³-hybridized carbons (Fsp3) is 0.525. The number of rotatable bonds is 19. The van der Waals surface area contributed by atoms with Gasteiger partial charge in [-0.2, -0.15) is 0 Å². The number of aliphatic hydroxyl groups is 1. The molecule has 4 heteroatoms. The van der Waals surface area contributed by atoms with Crippen LogP contribution < -0.4 is 0 Å². The molecular formula is C40H65NO3. The summed E-state index contributed by atoms with van der Waals surface area (Å²) in [5, 5.41) is 9.41. The molecule has 248 valence electrons. The highest BCUT2D eigenvalue weighted by atomic mass is 16.5. The Morgan fingerprint density at radius 3 is 2.11 bits per heavy atom. The molecule has 0 spiro atoms. The number of unbranched alkanes of at least 4 members (excludes halogenated alkanes) is 4. The second-order valence-electron chi connectivity index (χ2n) is 9.96. The lowest BCUT2D eigenvalue weighted by atomic mass is 10.1. The van der Waals surface area contributed by atoms with E-state index in [1.54, 1.807) is 12.2 Å². The zero-order chi connectivity index (χ0) is 34.2. The number of allylic oxidation sites excluding steroid dienone is 10. The van der Waals surface area contributed by atoms with Gasteiger partial charge in [-0.3, -0.25) is 4.79 Å². The van der Waals surface area contributed by atoms with Crippen LogP contribution in [0.15, 0.2) is 95.8 Å². The summed E-state index contributed by atoms with van der Waals surface area (Å²) in [6.45, 7) is 27.6. The number of aliphatic hydroxyl groups excluding tert-OH is 1. The lowest BCUT2D eigenvalue weighted by Gasteiger charge is -2.27. The van der Waals surface area contributed by atoms with Crippen LogP contribution in [0.3, 0.4) is 0 Å². The first-order valence-corrected chi connectivity index (χ1v) is 16.6. The molecule has 44 heavy (non-hydrogen) atoms. The maximum atomic E-state index is 12.1. The molecule has 0 aliphatic carbocycles. The molecule has 0 aromatic rings. The third-order valence-electron chi connectivity index (χ3n) is 6.27. The predicted octanol–water partition coefficient (Wildman–Crippen LogP) is 10.5. The molecule has 0 amide bonds. The molecule has 0 fully saturated rings. The molecule has 0 saturated carbocycles. The van der Waals surface area contributed by atoms with E-state index in [1.165, 1.54) is 25.5 Å². The molecule has 0 rings (SSSR count). The standard InChI is InChI=1S/C36H53NO3.2C2H6/c1-9-13-15-16-26-37(35(19-17-27-38)28-32(7)36(39)40-8)29-31(6)22-25-34(12-4)24-21-30(5)20-23-33(11-3)18-14-10-2;2*1-2/h11-12,17,19-20,22-23,25,28,32,38H,3-4,9-10,13-16,18,26-27,29H2,1-2,5-8H3;2*1-2H3/b19-17-,30-20+,31-22+,33-23+,34-25+,35-28+;;. The summed E-state index contributed by atoms with van der Waals surface area (Å²) >= 11 is 0. The molecule has 1 atom stereocenters. The predicted molar refractivity (Wildman–Crippen MR) is 195 cm³/mol. The quantitative estimate of drug-likeness (QED) is 0.0687. The van der Waals surface area contributed by atoms with Gasteiger partial charge in [-0.15, -0.1) is 0 Å². The lowest BCUT2D eigenvalue weighted by Crippen LogP contribution is -2.27. The number of carbonyl (C=O) groups is 1. The number of ether oxygens (including phenoxy) is 1. The van der Waals surface area contributed by atoms with Crippen LogP contribution in [0.4, 0.5) is 0 Å². The Kier molecular flexibility index (Phi) is 33.5. The fourth-order valence-electron chi connectivity index (χ4n) is 3.80. The van der Waals surface area contributed by atoms with E-state index in [2.05, 4.69) is 62.8 Å². The summed E-state index contributed by atoms with van der Waals surface area (Å²) in [4.78, 5) is 14.4. The molecule has 1 unspecified atom stereocenters. The van der Waals surface area contributed by atoms with Gasteiger partial charge >= 0.3 is 5.97 Å². The molecule has 0 radical (unpaired) electrons. The Morgan fingerprint density at radius 2 is 1.57 bits per heavy atom. The zero-order valence-electron chi connectivity index (χ0n) is 30.0. The van der Waals surface area contributed by atoms with Gasteiger partial charge in [0.2, 0.25) is 0 Å². The Bertz CT molecular complexity index is 1020. The van der Waals surface area contributed by atoms with E-state index in [-0.39, 0.29) is 12.6 Å². The minimum atomic E-state index is -0.395. The van der Waals surface area contributed by atoms with Crippen molar-refractivity contribution in [3.63, 3.8) is 0 Å². The SMILES string of the molecule is C=C/C(=C\C=C(/C)C#C/C(C=C)=C/C=C(\C)CN(CCCCCC)C(/C=C\CO)=C/C(C)C(=O)OC)CCCC.CC.CC. The van der Waals surface area contributed by atoms with Crippen LogP contribution in [0.1, 0.15) is 107 Å². The average molecular weight is 608 g/mol. The van der Waals surface area contributed by atoms with Crippen LogP contribution in [0.25, 0.3) is 0 Å². The molecule has 0 heterocycles. The van der Waals surface area contributed by atoms with Gasteiger partial charge in [-0.1, -0.05) is 134 Å². The molecule has 4 nitrogen and oxygen atoms in total. The molecule has 0 aliphatic heterocycles. The summed E-state index contributed by atoms with van der Waals surface area (Å²) in [6, 6.07) is 0. The minimum Gasteiger partial charge on any atom is -0.469 e. The van der Waals surface area contributed by atoms with Crippen molar-refractivity contribution in [2.45, 2.75) is 107 Å². The second kappa shape index (κ2) is 32.6. The number of carbonyl (C=O) groups excluding carboxylic acids is 1. The van der Waals surface area contributed by atoms with Crippen LogP contribution in [0.5, 0.6) is 0 Å². The van der Waals surface area contributed by atoms with Crippen molar-refractivity contribution in [2.75, 3.05) is 26.8 Å². The number of methoxy groups -OCH3 is 1. The van der Waals surface area contributed by atoms with Crippen LogP contribution in [-0.2, 0) is 9.53 Å². The summed E-state index contributed by atoms with van der Waals surface area (Å²) in [6.07, 6.45) is 25.3. The first-order chi connectivity index (χ1) is 21.3. The van der Waals surface area contributed by atoms with E-state index in [4.69, 9.17) is 4.74 Å². The fourth-order valence-corrected chi connectivity index (χ4v) is 3.80. The van der Waals surface area contributed by atoms with Crippen molar-refractivity contribution in [3.05, 3.63) is 95.8 Å². The average Bonchev–Trinajstić information content (AvgIpc) is 3.05. The third kappa shape index (κ3) is 24.2. The number of esters is 1. The largest absolute Gasteiger partial charge is 0.469 e. The van der Waals surface area contributed by atoms with Gasteiger partial charge in [0.1, 0.15) is 0 Å². The molecule has 0 aromatic heterocycles. The van der Waals surface area contributed by atoms with Gasteiger partial charge in [0.25, 0.3) is 0 Å². The van der Waals surface area contributed by atoms with E-state index < -0.39 is 5.92 Å². The molecular weight excluding hydrogens is 542 g/mol. The van der Waals surface area contributed by atoms with Crippen molar-refractivity contribution in [1.82, 2.24) is 4.90 Å². The lowest BCUT2D eigenvalue weighted by molar-refractivity contribution is -0.143. The third-order valence-corrected chi connectivity index (χ3v) is 6.27. The molecule has 0 bridgehead atoms. The highest BCUT2D eigenvalue weighted by molar-refractivity contribution is 5.74. The van der Waals surface area contributed by atoms with Crippen LogP contribution in [0, 0.1) is 17.8 Å². The van der Waals surface area contributed by atoms with Crippen LogP contribution in [0.2, 0.25) is 0 Å². The van der Waals surface area contributed by atoms with Crippen LogP contribution >= 0.6 is 0 Å². The van der Waals surface area contributed by atoms with Crippen molar-refractivity contribution >= 4 is 5.97 Å². The highest BCUT2D eigenvalue weighted by Crippen LogP contribution is 2.16. The van der Waals surface area contributed by atoms with Crippen molar-refractivity contribution in [3.8, 4) is 11.8 Å². The van der Waals surface area contributed by atoms with Gasteiger partial charge < -0.3 is 14.7 Å². The van der Waals surface area contributed by atoms with Crippen molar-refractivity contribution in [2.24, 2.45) is 5.92 Å². The first kappa shape index (κ1) is 45.1. The summed E-state index contributed by atoms with van der Waals surface area (Å²) in [5.74, 6) is 5.76. The summed E-state index contributed by atoms with van der Waals surface area (Å²) in [5.41, 5.74) is 5.09. The molecule has 0 aromatic carbocycles. The van der Waals surface area contributed by atoms with E-state index >= 15 is 0 Å². The maximum Gasteiger partial charge on any atom is 0.312 e. The highest BCUT2D eigenvalue weighted by Gasteiger charge is 2.14. The molecule has 1 N–H and O–H groups in total. The van der Waals surface area contributed by atoms with Gasteiger partial charge in [0, 0.05) is 24.4 Å². The van der Waals surface area contributed by atoms with Gasteiger partial charge in [-0.05, 0) is 69.4 Å².